The van der Waals surface area contributed by atoms with Crippen LogP contribution in [0.4, 0.5) is 0 Å². The van der Waals surface area contributed by atoms with Gasteiger partial charge in [-0.15, -0.1) is 11.3 Å². The van der Waals surface area contributed by atoms with Crippen molar-refractivity contribution in [1.29, 1.82) is 0 Å². The van der Waals surface area contributed by atoms with E-state index < -0.39 is 5.54 Å². The fraction of sp³-hybridized carbons (Fsp3) is 0.600. The van der Waals surface area contributed by atoms with E-state index in [1.807, 2.05) is 26.8 Å². The van der Waals surface area contributed by atoms with Gasteiger partial charge in [-0.3, -0.25) is 9.59 Å². The van der Waals surface area contributed by atoms with Crippen LogP contribution in [-0.4, -0.2) is 34.8 Å². The lowest BCUT2D eigenvalue weighted by Crippen LogP contribution is -2.69. The van der Waals surface area contributed by atoms with Gasteiger partial charge in [-0.05, 0) is 54.2 Å². The van der Waals surface area contributed by atoms with Gasteiger partial charge in [-0.2, -0.15) is 0 Å². The van der Waals surface area contributed by atoms with Crippen LogP contribution >= 0.6 is 27.3 Å². The van der Waals surface area contributed by atoms with E-state index in [9.17, 15) is 9.59 Å². The topological polar surface area (TPSA) is 49.4 Å². The van der Waals surface area contributed by atoms with Crippen LogP contribution in [0.15, 0.2) is 15.9 Å². The van der Waals surface area contributed by atoms with Crippen molar-refractivity contribution in [3.63, 3.8) is 0 Å². The van der Waals surface area contributed by atoms with Gasteiger partial charge in [0.15, 0.2) is 0 Å². The molecule has 2 rings (SSSR count). The zero-order chi connectivity index (χ0) is 15.6. The first-order valence-electron chi connectivity index (χ1n) is 7.28. The van der Waals surface area contributed by atoms with E-state index in [0.29, 0.717) is 19.4 Å². The van der Waals surface area contributed by atoms with E-state index in [4.69, 9.17) is 0 Å². The molecule has 21 heavy (non-hydrogen) atoms. The number of thiophene rings is 1. The van der Waals surface area contributed by atoms with Crippen LogP contribution in [0.1, 0.15) is 38.5 Å². The lowest BCUT2D eigenvalue weighted by Gasteiger charge is -2.44. The molecule has 1 aromatic heterocycles. The molecule has 1 saturated heterocycles. The standard InChI is InChI=1S/C15H21BrN2O2S/c1-4-11-13(19)17-15(3,5-2)14(20)18(11)9-8-10-6-7-12(16)21-10/h6-7,11H,4-5,8-9H2,1-3H3,(H,17,19). The van der Waals surface area contributed by atoms with Crippen molar-refractivity contribution in [2.75, 3.05) is 6.54 Å². The highest BCUT2D eigenvalue weighted by atomic mass is 79.9. The average Bonchev–Trinajstić information content (AvgIpc) is 2.86. The van der Waals surface area contributed by atoms with Crippen molar-refractivity contribution >= 4 is 39.1 Å². The number of rotatable bonds is 5. The highest BCUT2D eigenvalue weighted by molar-refractivity contribution is 9.11. The van der Waals surface area contributed by atoms with Gasteiger partial charge in [0, 0.05) is 11.4 Å². The van der Waals surface area contributed by atoms with Crippen molar-refractivity contribution in [2.45, 2.75) is 51.6 Å². The second-order valence-corrected chi connectivity index (χ2v) is 8.10. The van der Waals surface area contributed by atoms with Crippen molar-refractivity contribution in [2.24, 2.45) is 0 Å². The van der Waals surface area contributed by atoms with Crippen molar-refractivity contribution in [3.8, 4) is 0 Å². The first-order valence-corrected chi connectivity index (χ1v) is 8.89. The fourth-order valence-electron chi connectivity index (χ4n) is 2.63. The van der Waals surface area contributed by atoms with Gasteiger partial charge in [0.25, 0.3) is 0 Å². The molecule has 1 aliphatic heterocycles. The van der Waals surface area contributed by atoms with Gasteiger partial charge in [0.1, 0.15) is 11.6 Å². The molecular weight excluding hydrogens is 352 g/mol. The van der Waals surface area contributed by atoms with E-state index >= 15 is 0 Å². The first kappa shape index (κ1) is 16.5. The molecule has 4 nitrogen and oxygen atoms in total. The molecule has 0 radical (unpaired) electrons. The summed E-state index contributed by atoms with van der Waals surface area (Å²) in [6, 6.07) is 3.72. The zero-order valence-corrected chi connectivity index (χ0v) is 15.0. The highest BCUT2D eigenvalue weighted by Gasteiger charge is 2.45. The van der Waals surface area contributed by atoms with Crippen LogP contribution in [0.5, 0.6) is 0 Å². The maximum Gasteiger partial charge on any atom is 0.248 e. The maximum absolute atomic E-state index is 12.7. The van der Waals surface area contributed by atoms with Crippen LogP contribution in [0.25, 0.3) is 0 Å². The molecule has 0 aromatic carbocycles. The van der Waals surface area contributed by atoms with Gasteiger partial charge in [0.2, 0.25) is 11.8 Å². The molecule has 0 bridgehead atoms. The first-order chi connectivity index (χ1) is 9.91. The van der Waals surface area contributed by atoms with Gasteiger partial charge in [-0.1, -0.05) is 13.8 Å². The number of hydrogen-bond donors (Lipinski definition) is 1. The van der Waals surface area contributed by atoms with E-state index in [2.05, 4.69) is 27.3 Å². The summed E-state index contributed by atoms with van der Waals surface area (Å²) in [7, 11) is 0. The van der Waals surface area contributed by atoms with E-state index in [1.165, 1.54) is 4.88 Å². The van der Waals surface area contributed by atoms with Gasteiger partial charge >= 0.3 is 0 Å². The summed E-state index contributed by atoms with van der Waals surface area (Å²) >= 11 is 5.12. The minimum Gasteiger partial charge on any atom is -0.340 e. The third-order valence-electron chi connectivity index (χ3n) is 4.13. The fourth-order valence-corrected chi connectivity index (χ4v) is 4.10. The molecule has 1 aliphatic rings. The Morgan fingerprint density at radius 1 is 1.38 bits per heavy atom. The Balaban J connectivity index is 2.15. The minimum absolute atomic E-state index is 0.0335. The third kappa shape index (κ3) is 3.31. The number of carbonyl (C=O) groups excluding carboxylic acids is 2. The van der Waals surface area contributed by atoms with E-state index in [1.54, 1.807) is 16.2 Å². The average molecular weight is 373 g/mol. The molecule has 1 N–H and O–H groups in total. The molecule has 0 saturated carbocycles. The number of piperazine rings is 1. The van der Waals surface area contributed by atoms with Crippen LogP contribution < -0.4 is 5.32 Å². The Morgan fingerprint density at radius 3 is 2.62 bits per heavy atom. The number of nitrogens with one attached hydrogen (secondary N) is 1. The van der Waals surface area contributed by atoms with Crippen molar-refractivity contribution < 1.29 is 9.59 Å². The molecule has 2 atom stereocenters. The summed E-state index contributed by atoms with van der Waals surface area (Å²) in [6.07, 6.45) is 2.03. The number of amides is 2. The molecule has 1 aromatic rings. The SMILES string of the molecule is CCC1C(=O)NC(C)(CC)C(=O)N1CCc1ccc(Br)s1. The van der Waals surface area contributed by atoms with E-state index in [-0.39, 0.29) is 17.9 Å². The second-order valence-electron chi connectivity index (χ2n) is 5.55. The minimum atomic E-state index is -0.765. The Kier molecular flexibility index (Phi) is 5.09. The molecular formula is C15H21BrN2O2S. The van der Waals surface area contributed by atoms with Crippen LogP contribution in [0, 0.1) is 0 Å². The van der Waals surface area contributed by atoms with E-state index in [0.717, 1.165) is 10.2 Å². The smallest absolute Gasteiger partial charge is 0.248 e. The zero-order valence-electron chi connectivity index (χ0n) is 12.6. The highest BCUT2D eigenvalue weighted by Crippen LogP contribution is 2.26. The van der Waals surface area contributed by atoms with Crippen molar-refractivity contribution in [3.05, 3.63) is 20.8 Å². The summed E-state index contributed by atoms with van der Waals surface area (Å²) in [6.45, 7) is 6.28. The molecule has 1 fully saturated rings. The normalized spacial score (nSPS) is 26.1. The van der Waals surface area contributed by atoms with Crippen LogP contribution in [-0.2, 0) is 16.0 Å². The quantitative estimate of drug-likeness (QED) is 0.863. The molecule has 116 valence electrons. The Morgan fingerprint density at radius 2 is 2.10 bits per heavy atom. The largest absolute Gasteiger partial charge is 0.340 e. The van der Waals surface area contributed by atoms with Crippen molar-refractivity contribution in [1.82, 2.24) is 10.2 Å². The van der Waals surface area contributed by atoms with Gasteiger partial charge in [-0.25, -0.2) is 0 Å². The Hall–Kier alpha value is -0.880. The summed E-state index contributed by atoms with van der Waals surface area (Å²) in [5.41, 5.74) is -0.765. The van der Waals surface area contributed by atoms with Gasteiger partial charge in [0.05, 0.1) is 3.79 Å². The number of halogens is 1. The molecule has 2 unspecified atom stereocenters. The maximum atomic E-state index is 12.7. The Bertz CT molecular complexity index is 546. The van der Waals surface area contributed by atoms with Crippen LogP contribution in [0.2, 0.25) is 0 Å². The summed E-state index contributed by atoms with van der Waals surface area (Å²) in [4.78, 5) is 28.0. The summed E-state index contributed by atoms with van der Waals surface area (Å²) in [5.74, 6) is 0.000817. The molecule has 6 heteroatoms. The lowest BCUT2D eigenvalue weighted by atomic mass is 9.91. The summed E-state index contributed by atoms with van der Waals surface area (Å²) < 4.78 is 1.09. The molecule has 0 aliphatic carbocycles. The molecule has 2 amide bonds. The second kappa shape index (κ2) is 6.48. The predicted octanol–water partition coefficient (Wildman–Crippen LogP) is 2.96. The number of nitrogens with zero attached hydrogens (tertiary/aromatic N) is 1. The molecule has 0 spiro atoms. The monoisotopic (exact) mass is 372 g/mol. The third-order valence-corrected chi connectivity index (χ3v) is 5.82. The number of carbonyl (C=O) groups is 2. The van der Waals surface area contributed by atoms with Gasteiger partial charge < -0.3 is 10.2 Å². The summed E-state index contributed by atoms with van der Waals surface area (Å²) in [5, 5.41) is 2.89. The lowest BCUT2D eigenvalue weighted by molar-refractivity contribution is -0.154. The van der Waals surface area contributed by atoms with Crippen LogP contribution in [0.3, 0.4) is 0 Å². The Labute approximate surface area is 138 Å². The molecule has 2 heterocycles. The predicted molar refractivity (Wildman–Crippen MR) is 88.4 cm³/mol. The number of hydrogen-bond acceptors (Lipinski definition) is 3.